The fourth-order valence-corrected chi connectivity index (χ4v) is 5.05. The Balaban J connectivity index is 2.18. The van der Waals surface area contributed by atoms with Gasteiger partial charge < -0.3 is 19.2 Å². The zero-order valence-corrected chi connectivity index (χ0v) is 15.3. The molecule has 0 bridgehead atoms. The van der Waals surface area contributed by atoms with Gasteiger partial charge in [-0.1, -0.05) is 13.3 Å². The number of ether oxygens (including phenoxy) is 2. The number of hydrogen-bond donors (Lipinski definition) is 0. The third kappa shape index (κ3) is 2.52. The van der Waals surface area contributed by atoms with Crippen LogP contribution in [0.5, 0.6) is 11.5 Å². The highest BCUT2D eigenvalue weighted by atomic mass is 16.5. The maximum atomic E-state index is 11.1. The van der Waals surface area contributed by atoms with Crippen molar-refractivity contribution in [2.45, 2.75) is 50.5 Å². The quantitative estimate of drug-likeness (QED) is 0.719. The van der Waals surface area contributed by atoms with Crippen LogP contribution in [0.4, 0.5) is 0 Å². The fraction of sp³-hybridized carbons (Fsp3) is 0.650. The molecule has 0 saturated heterocycles. The minimum atomic E-state index is 0.00412. The van der Waals surface area contributed by atoms with E-state index in [0.717, 1.165) is 50.1 Å². The fourth-order valence-electron chi connectivity index (χ4n) is 5.05. The molecule has 1 aliphatic carbocycles. The molecule has 2 aliphatic rings. The van der Waals surface area contributed by atoms with Crippen molar-refractivity contribution in [2.75, 3.05) is 27.8 Å². The largest absolute Gasteiger partial charge is 0.496 e. The molecular formula is C20H29NO3. The Morgan fingerprint density at radius 3 is 2.83 bits per heavy atom. The lowest BCUT2D eigenvalue weighted by Crippen LogP contribution is -2.53. The van der Waals surface area contributed by atoms with Crippen LogP contribution in [0.25, 0.3) is 0 Å². The molecule has 0 amide bonds. The third-order valence-corrected chi connectivity index (χ3v) is 5.98. The molecule has 24 heavy (non-hydrogen) atoms. The molecular weight excluding hydrogens is 302 g/mol. The summed E-state index contributed by atoms with van der Waals surface area (Å²) in [6.07, 6.45) is 5.76. The van der Waals surface area contributed by atoms with Gasteiger partial charge in [-0.3, -0.25) is 0 Å². The number of likely N-dealkylation sites (N-methyl/N-ethyl adjacent to an activating group) is 1. The Hall–Kier alpha value is -1.55. The van der Waals surface area contributed by atoms with Gasteiger partial charge in [0, 0.05) is 29.0 Å². The topological polar surface area (TPSA) is 38.8 Å². The van der Waals surface area contributed by atoms with Gasteiger partial charge in [-0.25, -0.2) is 0 Å². The summed E-state index contributed by atoms with van der Waals surface area (Å²) >= 11 is 0. The molecule has 4 nitrogen and oxygen atoms in total. The molecule has 132 valence electrons. The summed E-state index contributed by atoms with van der Waals surface area (Å²) in [6.45, 7) is 2.97. The van der Waals surface area contributed by atoms with Gasteiger partial charge in [0.25, 0.3) is 0 Å². The van der Waals surface area contributed by atoms with Crippen molar-refractivity contribution in [3.63, 3.8) is 0 Å². The molecule has 0 fully saturated rings. The summed E-state index contributed by atoms with van der Waals surface area (Å²) in [6, 6.07) is 4.49. The maximum Gasteiger partial charge on any atom is 0.123 e. The van der Waals surface area contributed by atoms with Crippen LogP contribution in [0.2, 0.25) is 0 Å². The van der Waals surface area contributed by atoms with E-state index in [1.807, 2.05) is 6.07 Å². The second-order valence-electron chi connectivity index (χ2n) is 7.40. The summed E-state index contributed by atoms with van der Waals surface area (Å²) in [7, 11) is 6.05. The number of carbonyl (C=O) groups excluding carboxylic acids is 1. The Labute approximate surface area is 145 Å². The van der Waals surface area contributed by atoms with Gasteiger partial charge >= 0.3 is 0 Å². The first-order valence-electron chi connectivity index (χ1n) is 9.02. The molecule has 1 aromatic carbocycles. The maximum absolute atomic E-state index is 11.1. The average molecular weight is 331 g/mol. The zero-order valence-electron chi connectivity index (χ0n) is 15.3. The van der Waals surface area contributed by atoms with Gasteiger partial charge in [0.15, 0.2) is 0 Å². The normalized spacial score (nSPS) is 27.7. The average Bonchev–Trinajstić information content (AvgIpc) is 2.95. The van der Waals surface area contributed by atoms with Gasteiger partial charge in [0.05, 0.1) is 13.7 Å². The first-order valence-corrected chi connectivity index (χ1v) is 9.02. The van der Waals surface area contributed by atoms with Gasteiger partial charge in [-0.05, 0) is 51.4 Å². The van der Waals surface area contributed by atoms with Crippen LogP contribution >= 0.6 is 0 Å². The van der Waals surface area contributed by atoms with Crippen molar-refractivity contribution in [2.24, 2.45) is 5.92 Å². The van der Waals surface area contributed by atoms with Gasteiger partial charge in [-0.15, -0.1) is 0 Å². The minimum Gasteiger partial charge on any atom is -0.496 e. The standard InChI is InChI=1S/C20H29NO3/c1-5-10-20-13-24-18-9-8-17(23-4)14(19(18)20)12-16(21(2)3)15(20)7-6-11-22/h8-9,11,15-16H,5-7,10,12-13H2,1-4H3/t15?,16?,20-/m0/s1. The number of nitrogens with zero attached hydrogens (tertiary/aromatic N) is 1. The van der Waals surface area contributed by atoms with E-state index in [-0.39, 0.29) is 5.41 Å². The molecule has 0 spiro atoms. The van der Waals surface area contributed by atoms with Crippen LogP contribution in [0, 0.1) is 5.92 Å². The van der Waals surface area contributed by atoms with Crippen LogP contribution in [0.1, 0.15) is 43.7 Å². The lowest BCUT2D eigenvalue weighted by Gasteiger charge is -2.48. The van der Waals surface area contributed by atoms with Crippen molar-refractivity contribution in [1.29, 1.82) is 0 Å². The number of methoxy groups -OCH3 is 1. The number of carbonyl (C=O) groups is 1. The van der Waals surface area contributed by atoms with E-state index in [1.54, 1.807) is 7.11 Å². The molecule has 0 radical (unpaired) electrons. The van der Waals surface area contributed by atoms with E-state index in [4.69, 9.17) is 9.47 Å². The minimum absolute atomic E-state index is 0.00412. The van der Waals surface area contributed by atoms with Crippen molar-refractivity contribution < 1.29 is 14.3 Å². The number of rotatable bonds is 7. The van der Waals surface area contributed by atoms with E-state index in [2.05, 4.69) is 32.0 Å². The van der Waals surface area contributed by atoms with Crippen LogP contribution in [-0.4, -0.2) is 45.0 Å². The number of hydrogen-bond acceptors (Lipinski definition) is 4. The SMILES string of the molecule is CCC[C@@]12COc3ccc(OC)c(c31)CC(N(C)C)C2CCC=O. The molecule has 1 heterocycles. The lowest BCUT2D eigenvalue weighted by molar-refractivity contribution is -0.108. The Kier molecular flexibility index (Phi) is 4.86. The van der Waals surface area contributed by atoms with Gasteiger partial charge in [0.2, 0.25) is 0 Å². The monoisotopic (exact) mass is 331 g/mol. The summed E-state index contributed by atoms with van der Waals surface area (Å²) in [4.78, 5) is 13.4. The van der Waals surface area contributed by atoms with Crippen LogP contribution in [-0.2, 0) is 16.6 Å². The Morgan fingerprint density at radius 2 is 2.21 bits per heavy atom. The molecule has 1 aliphatic heterocycles. The summed E-state index contributed by atoms with van der Waals surface area (Å²) in [5.41, 5.74) is 2.67. The molecule has 1 aromatic rings. The van der Waals surface area contributed by atoms with E-state index in [0.29, 0.717) is 18.4 Å². The lowest BCUT2D eigenvalue weighted by atomic mass is 9.58. The highest BCUT2D eigenvalue weighted by Crippen LogP contribution is 2.56. The zero-order chi connectivity index (χ0) is 17.3. The molecule has 4 heteroatoms. The molecule has 0 N–H and O–H groups in total. The van der Waals surface area contributed by atoms with Crippen LogP contribution in [0.15, 0.2) is 12.1 Å². The summed E-state index contributed by atoms with van der Waals surface area (Å²) in [5.74, 6) is 2.42. The highest BCUT2D eigenvalue weighted by Gasteiger charge is 2.54. The Morgan fingerprint density at radius 1 is 1.42 bits per heavy atom. The van der Waals surface area contributed by atoms with Crippen molar-refractivity contribution in [1.82, 2.24) is 4.90 Å². The van der Waals surface area contributed by atoms with Crippen molar-refractivity contribution in [3.8, 4) is 11.5 Å². The molecule has 3 atom stereocenters. The molecule has 2 unspecified atom stereocenters. The first kappa shape index (κ1) is 17.3. The number of benzene rings is 1. The Bertz CT molecular complexity index is 609. The van der Waals surface area contributed by atoms with Gasteiger partial charge in [-0.2, -0.15) is 0 Å². The van der Waals surface area contributed by atoms with Gasteiger partial charge in [0.1, 0.15) is 17.8 Å². The molecule has 0 saturated carbocycles. The van der Waals surface area contributed by atoms with E-state index >= 15 is 0 Å². The second kappa shape index (κ2) is 6.75. The number of aldehydes is 1. The molecule has 0 aromatic heterocycles. The highest BCUT2D eigenvalue weighted by molar-refractivity contribution is 5.58. The molecule has 3 rings (SSSR count). The second-order valence-corrected chi connectivity index (χ2v) is 7.40. The third-order valence-electron chi connectivity index (χ3n) is 5.98. The van der Waals surface area contributed by atoms with Crippen molar-refractivity contribution >= 4 is 6.29 Å². The van der Waals surface area contributed by atoms with Crippen molar-refractivity contribution in [3.05, 3.63) is 23.3 Å². The smallest absolute Gasteiger partial charge is 0.123 e. The summed E-state index contributed by atoms with van der Waals surface area (Å²) in [5, 5.41) is 0. The summed E-state index contributed by atoms with van der Waals surface area (Å²) < 4.78 is 11.8. The van der Waals surface area contributed by atoms with E-state index < -0.39 is 0 Å². The van der Waals surface area contributed by atoms with Crippen LogP contribution in [0.3, 0.4) is 0 Å². The van der Waals surface area contributed by atoms with Crippen LogP contribution < -0.4 is 9.47 Å². The first-order chi connectivity index (χ1) is 11.6. The van der Waals surface area contributed by atoms with E-state index in [9.17, 15) is 4.79 Å². The predicted octanol–water partition coefficient (Wildman–Crippen LogP) is 3.21. The predicted molar refractivity (Wildman–Crippen MR) is 95.0 cm³/mol. The van der Waals surface area contributed by atoms with E-state index in [1.165, 1.54) is 11.1 Å².